The minimum absolute atomic E-state index is 0.443. The van der Waals surface area contributed by atoms with E-state index in [2.05, 4.69) is 15.0 Å². The highest BCUT2D eigenvalue weighted by molar-refractivity contribution is 5.55. The highest BCUT2D eigenvalue weighted by Crippen LogP contribution is 2.20. The number of hydrogen-bond acceptors (Lipinski definition) is 4. The highest BCUT2D eigenvalue weighted by Gasteiger charge is 2.02. The summed E-state index contributed by atoms with van der Waals surface area (Å²) in [5.74, 6) is 1.01. The van der Waals surface area contributed by atoms with Gasteiger partial charge in [0, 0.05) is 23.1 Å². The Balaban J connectivity index is 2.72. The first-order valence-electron chi connectivity index (χ1n) is 5.08. The minimum Gasteiger partial charge on any atom is -0.481 e. The molecule has 0 atom stereocenters. The Morgan fingerprint density at radius 3 is 2.88 bits per heavy atom. The van der Waals surface area contributed by atoms with Crippen molar-refractivity contribution in [2.45, 2.75) is 6.42 Å². The van der Waals surface area contributed by atoms with Crippen molar-refractivity contribution >= 4 is 6.08 Å². The van der Waals surface area contributed by atoms with E-state index in [-0.39, 0.29) is 0 Å². The third-order valence-electron chi connectivity index (χ3n) is 2.02. The quantitative estimate of drug-likeness (QED) is 0.328. The predicted octanol–water partition coefficient (Wildman–Crippen LogP) is 2.81. The van der Waals surface area contributed by atoms with Gasteiger partial charge in [0.2, 0.25) is 11.8 Å². The summed E-state index contributed by atoms with van der Waals surface area (Å²) in [5, 5.41) is 3.44. The number of pyridine rings is 1. The van der Waals surface area contributed by atoms with Crippen molar-refractivity contribution in [2.24, 2.45) is 5.11 Å². The Hall–Kier alpha value is -2.20. The second-order valence-electron chi connectivity index (χ2n) is 3.10. The van der Waals surface area contributed by atoms with Gasteiger partial charge < -0.3 is 9.47 Å². The van der Waals surface area contributed by atoms with Gasteiger partial charge in [0.1, 0.15) is 0 Å². The smallest absolute Gasteiger partial charge is 0.223 e. The van der Waals surface area contributed by atoms with Gasteiger partial charge in [-0.15, -0.1) is 0 Å². The van der Waals surface area contributed by atoms with Gasteiger partial charge in [0.15, 0.2) is 0 Å². The van der Waals surface area contributed by atoms with Crippen molar-refractivity contribution in [2.75, 3.05) is 20.8 Å². The zero-order valence-electron chi connectivity index (χ0n) is 9.83. The van der Waals surface area contributed by atoms with E-state index in [4.69, 9.17) is 15.0 Å². The molecule has 1 aromatic heterocycles. The molecule has 0 saturated carbocycles. The van der Waals surface area contributed by atoms with Crippen molar-refractivity contribution in [3.63, 3.8) is 0 Å². The molecule has 0 N–H and O–H groups in total. The van der Waals surface area contributed by atoms with Crippen LogP contribution in [0.15, 0.2) is 23.3 Å². The summed E-state index contributed by atoms with van der Waals surface area (Å²) in [6.07, 6.45) is 4.46. The molecule has 1 aromatic rings. The third-order valence-corrected chi connectivity index (χ3v) is 2.02. The molecule has 0 spiro atoms. The van der Waals surface area contributed by atoms with Gasteiger partial charge in [0.05, 0.1) is 14.2 Å². The molecule has 0 fully saturated rings. The largest absolute Gasteiger partial charge is 0.481 e. The van der Waals surface area contributed by atoms with Crippen molar-refractivity contribution in [3.8, 4) is 11.8 Å². The monoisotopic (exact) mass is 234 g/mol. The summed E-state index contributed by atoms with van der Waals surface area (Å²) >= 11 is 0. The molecule has 0 saturated heterocycles. The molecule has 6 nitrogen and oxygen atoms in total. The molecule has 0 aliphatic rings. The standard InChI is InChI=1S/C11H14N4O2/c1-16-10-7-6-9(11(14-10)17-2)5-3-4-8-13-15-12/h3,5-7H,4,8H2,1-2H3. The lowest BCUT2D eigenvalue weighted by Crippen LogP contribution is -1.94. The van der Waals surface area contributed by atoms with Crippen LogP contribution in [-0.4, -0.2) is 25.7 Å². The summed E-state index contributed by atoms with van der Waals surface area (Å²) < 4.78 is 10.1. The number of hydrogen-bond donors (Lipinski definition) is 0. The fourth-order valence-corrected chi connectivity index (χ4v) is 1.23. The lowest BCUT2D eigenvalue weighted by molar-refractivity contribution is 0.364. The number of rotatable bonds is 6. The normalized spacial score (nSPS) is 10.0. The van der Waals surface area contributed by atoms with Crippen LogP contribution in [0.3, 0.4) is 0 Å². The van der Waals surface area contributed by atoms with Crippen LogP contribution in [0, 0.1) is 0 Å². The van der Waals surface area contributed by atoms with Crippen LogP contribution in [0.2, 0.25) is 0 Å². The number of nitrogens with zero attached hydrogens (tertiary/aromatic N) is 4. The molecule has 1 heterocycles. The van der Waals surface area contributed by atoms with Crippen LogP contribution in [0.25, 0.3) is 16.5 Å². The Bertz CT molecular complexity index is 439. The maximum atomic E-state index is 8.11. The average molecular weight is 234 g/mol. The molecule has 17 heavy (non-hydrogen) atoms. The molecule has 90 valence electrons. The minimum atomic E-state index is 0.443. The van der Waals surface area contributed by atoms with Crippen LogP contribution in [0.1, 0.15) is 12.0 Å². The zero-order valence-corrected chi connectivity index (χ0v) is 9.83. The molecule has 0 aliphatic carbocycles. The summed E-state index contributed by atoms with van der Waals surface area (Å²) in [6, 6.07) is 3.62. The van der Waals surface area contributed by atoms with Gasteiger partial charge in [-0.2, -0.15) is 4.98 Å². The van der Waals surface area contributed by atoms with Gasteiger partial charge in [-0.05, 0) is 18.0 Å². The Kier molecular flexibility index (Phi) is 5.40. The first-order chi connectivity index (χ1) is 8.31. The van der Waals surface area contributed by atoms with E-state index in [0.29, 0.717) is 24.7 Å². The van der Waals surface area contributed by atoms with Gasteiger partial charge in [0.25, 0.3) is 0 Å². The molecule has 0 bridgehead atoms. The van der Waals surface area contributed by atoms with Gasteiger partial charge in [-0.1, -0.05) is 17.3 Å². The second kappa shape index (κ2) is 7.14. The van der Waals surface area contributed by atoms with E-state index in [1.54, 1.807) is 20.3 Å². The van der Waals surface area contributed by atoms with Gasteiger partial charge in [-0.3, -0.25) is 0 Å². The molecule has 0 amide bonds. The fraction of sp³-hybridized carbons (Fsp3) is 0.364. The Labute approximate surface area is 99.5 Å². The molecule has 1 rings (SSSR count). The first-order valence-corrected chi connectivity index (χ1v) is 5.08. The molecule has 6 heteroatoms. The predicted molar refractivity (Wildman–Crippen MR) is 65.0 cm³/mol. The van der Waals surface area contributed by atoms with Crippen molar-refractivity contribution in [1.82, 2.24) is 4.98 Å². The van der Waals surface area contributed by atoms with E-state index in [0.717, 1.165) is 5.56 Å². The number of aromatic nitrogens is 1. The fourth-order valence-electron chi connectivity index (χ4n) is 1.23. The van der Waals surface area contributed by atoms with Crippen molar-refractivity contribution in [3.05, 3.63) is 34.2 Å². The van der Waals surface area contributed by atoms with E-state index in [1.165, 1.54) is 0 Å². The van der Waals surface area contributed by atoms with Crippen molar-refractivity contribution < 1.29 is 9.47 Å². The Morgan fingerprint density at radius 2 is 2.24 bits per heavy atom. The molecular weight excluding hydrogens is 220 g/mol. The van der Waals surface area contributed by atoms with E-state index in [1.807, 2.05) is 18.2 Å². The van der Waals surface area contributed by atoms with E-state index < -0.39 is 0 Å². The molecule has 0 aliphatic heterocycles. The average Bonchev–Trinajstić information content (AvgIpc) is 2.38. The Morgan fingerprint density at radius 1 is 1.41 bits per heavy atom. The van der Waals surface area contributed by atoms with Crippen LogP contribution in [-0.2, 0) is 0 Å². The maximum absolute atomic E-state index is 8.11. The third kappa shape index (κ3) is 4.04. The number of azide groups is 1. The first kappa shape index (κ1) is 12.9. The van der Waals surface area contributed by atoms with E-state index in [9.17, 15) is 0 Å². The molecule has 0 unspecified atom stereocenters. The topological polar surface area (TPSA) is 80.1 Å². The molecular formula is C11H14N4O2. The van der Waals surface area contributed by atoms with Gasteiger partial charge in [-0.25, -0.2) is 0 Å². The van der Waals surface area contributed by atoms with Crippen molar-refractivity contribution in [1.29, 1.82) is 0 Å². The summed E-state index contributed by atoms with van der Waals surface area (Å²) in [5.41, 5.74) is 8.97. The molecule has 0 aromatic carbocycles. The zero-order chi connectivity index (χ0) is 12.5. The number of ether oxygens (including phenoxy) is 2. The highest BCUT2D eigenvalue weighted by atomic mass is 16.5. The lowest BCUT2D eigenvalue weighted by atomic mass is 10.2. The SMILES string of the molecule is COc1ccc(C=CCCN=[N+]=[N-])c(OC)n1. The second-order valence-corrected chi connectivity index (χ2v) is 3.10. The van der Waals surface area contributed by atoms with Crippen LogP contribution < -0.4 is 9.47 Å². The van der Waals surface area contributed by atoms with E-state index >= 15 is 0 Å². The summed E-state index contributed by atoms with van der Waals surface area (Å²) in [7, 11) is 3.11. The lowest BCUT2D eigenvalue weighted by Gasteiger charge is -2.05. The molecule has 0 radical (unpaired) electrons. The summed E-state index contributed by atoms with van der Waals surface area (Å²) in [6.45, 7) is 0.443. The summed E-state index contributed by atoms with van der Waals surface area (Å²) in [4.78, 5) is 6.82. The van der Waals surface area contributed by atoms with Crippen LogP contribution in [0.5, 0.6) is 11.8 Å². The van der Waals surface area contributed by atoms with Crippen LogP contribution >= 0.6 is 0 Å². The van der Waals surface area contributed by atoms with Gasteiger partial charge >= 0.3 is 0 Å². The maximum Gasteiger partial charge on any atom is 0.223 e. The number of methoxy groups -OCH3 is 2. The van der Waals surface area contributed by atoms with Crippen LogP contribution in [0.4, 0.5) is 0 Å².